The molecule has 4 rings (SSSR count). The molecular weight excluding hydrogens is 398 g/mol. The van der Waals surface area contributed by atoms with Crippen LogP contribution in [0.2, 0.25) is 0 Å². The van der Waals surface area contributed by atoms with Gasteiger partial charge in [-0.1, -0.05) is 13.8 Å². The number of aromatic nitrogens is 2. The molecule has 160 valence electrons. The Morgan fingerprint density at radius 3 is 2.39 bits per heavy atom. The van der Waals surface area contributed by atoms with Crippen molar-refractivity contribution in [1.29, 1.82) is 0 Å². The molecule has 1 aliphatic heterocycles. The topological polar surface area (TPSA) is 121 Å². The molecule has 1 aromatic heterocycles. The van der Waals surface area contributed by atoms with E-state index in [0.717, 1.165) is 11.4 Å². The lowest BCUT2D eigenvalue weighted by molar-refractivity contribution is 0.0459. The first kappa shape index (κ1) is 20.3. The van der Waals surface area contributed by atoms with Crippen molar-refractivity contribution in [2.75, 3.05) is 29.8 Å². The number of nitrogens with zero attached hydrogens (tertiary/aromatic N) is 2. The van der Waals surface area contributed by atoms with E-state index in [1.165, 1.54) is 6.33 Å². The van der Waals surface area contributed by atoms with E-state index in [1.54, 1.807) is 24.3 Å². The Kier molecular flexibility index (Phi) is 5.74. The van der Waals surface area contributed by atoms with Gasteiger partial charge in [0, 0.05) is 17.4 Å². The van der Waals surface area contributed by atoms with Gasteiger partial charge in [0.1, 0.15) is 12.0 Å². The van der Waals surface area contributed by atoms with E-state index in [1.807, 2.05) is 32.0 Å². The van der Waals surface area contributed by atoms with E-state index < -0.39 is 0 Å². The minimum Gasteiger partial charge on any atom is -0.462 e. The summed E-state index contributed by atoms with van der Waals surface area (Å²) in [6.07, 6.45) is 1.41. The third-order valence-electron chi connectivity index (χ3n) is 4.45. The number of esters is 1. The molecule has 0 fully saturated rings. The number of rotatable bonds is 7. The highest BCUT2D eigenvalue weighted by Gasteiger charge is 2.15. The average molecular weight is 421 g/mol. The van der Waals surface area contributed by atoms with Crippen LogP contribution in [0.5, 0.6) is 11.5 Å². The van der Waals surface area contributed by atoms with Crippen molar-refractivity contribution < 1.29 is 19.0 Å². The number of nitrogen functional groups attached to an aromatic ring is 1. The first-order valence-corrected chi connectivity index (χ1v) is 9.81. The van der Waals surface area contributed by atoms with Crippen molar-refractivity contribution in [2.24, 2.45) is 5.92 Å². The highest BCUT2D eigenvalue weighted by Crippen LogP contribution is 2.36. The van der Waals surface area contributed by atoms with Crippen LogP contribution in [0.15, 0.2) is 48.8 Å². The second kappa shape index (κ2) is 8.78. The van der Waals surface area contributed by atoms with Crippen LogP contribution in [0.3, 0.4) is 0 Å². The van der Waals surface area contributed by atoms with E-state index in [9.17, 15) is 4.79 Å². The average Bonchev–Trinajstić information content (AvgIpc) is 3.23. The van der Waals surface area contributed by atoms with E-state index in [2.05, 4.69) is 20.6 Å². The summed E-state index contributed by atoms with van der Waals surface area (Å²) in [5.74, 6) is 2.17. The van der Waals surface area contributed by atoms with Gasteiger partial charge in [-0.15, -0.1) is 0 Å². The van der Waals surface area contributed by atoms with Crippen LogP contribution in [0.25, 0.3) is 0 Å². The Balaban J connectivity index is 1.45. The number of hydrogen-bond donors (Lipinski definition) is 3. The Morgan fingerprint density at radius 2 is 1.68 bits per heavy atom. The van der Waals surface area contributed by atoms with Gasteiger partial charge < -0.3 is 30.6 Å². The first-order chi connectivity index (χ1) is 15.0. The molecule has 31 heavy (non-hydrogen) atoms. The standard InChI is InChI=1S/C22H23N5O4/c1-13(2)10-29-22(28)14-3-5-15(6-4-14)26-20-19(23)21(25-11-24-20)27-16-7-8-17-18(9-16)31-12-30-17/h3-9,11,13H,10,12,23H2,1-2H3,(H2,24,25,26,27). The number of anilines is 5. The molecule has 0 unspecified atom stereocenters. The highest BCUT2D eigenvalue weighted by molar-refractivity contribution is 5.90. The van der Waals surface area contributed by atoms with Crippen LogP contribution < -0.4 is 25.8 Å². The molecule has 0 aliphatic carbocycles. The molecule has 0 bridgehead atoms. The molecule has 0 amide bonds. The van der Waals surface area contributed by atoms with Crippen molar-refractivity contribution in [3.8, 4) is 11.5 Å². The number of nitrogens with two attached hydrogens (primary N) is 1. The van der Waals surface area contributed by atoms with Crippen LogP contribution in [0.4, 0.5) is 28.7 Å². The number of fused-ring (bicyclic) bond motifs is 1. The number of carbonyl (C=O) groups is 1. The van der Waals surface area contributed by atoms with Crippen LogP contribution in [-0.4, -0.2) is 29.3 Å². The maximum absolute atomic E-state index is 12.1. The van der Waals surface area contributed by atoms with Crippen LogP contribution in [0.1, 0.15) is 24.2 Å². The molecule has 0 spiro atoms. The molecule has 1 aliphatic rings. The summed E-state index contributed by atoms with van der Waals surface area (Å²) in [5.41, 5.74) is 8.56. The number of carbonyl (C=O) groups excluding carboxylic acids is 1. The van der Waals surface area contributed by atoms with Crippen LogP contribution in [-0.2, 0) is 4.74 Å². The predicted molar refractivity (Wildman–Crippen MR) is 117 cm³/mol. The van der Waals surface area contributed by atoms with Gasteiger partial charge in [0.15, 0.2) is 23.1 Å². The first-order valence-electron chi connectivity index (χ1n) is 9.81. The summed E-state index contributed by atoms with van der Waals surface area (Å²) >= 11 is 0. The molecule has 2 heterocycles. The molecule has 2 aromatic carbocycles. The molecule has 0 radical (unpaired) electrons. The fraction of sp³-hybridized carbons (Fsp3) is 0.227. The Labute approximate surface area is 179 Å². The molecule has 0 atom stereocenters. The Hall–Kier alpha value is -4.01. The summed E-state index contributed by atoms with van der Waals surface area (Å²) < 4.78 is 16.0. The van der Waals surface area contributed by atoms with Crippen molar-refractivity contribution >= 4 is 34.7 Å². The van der Waals surface area contributed by atoms with E-state index in [0.29, 0.717) is 41.0 Å². The van der Waals surface area contributed by atoms with Crippen molar-refractivity contribution in [2.45, 2.75) is 13.8 Å². The van der Waals surface area contributed by atoms with E-state index >= 15 is 0 Å². The summed E-state index contributed by atoms with van der Waals surface area (Å²) in [4.78, 5) is 20.5. The minimum absolute atomic E-state index is 0.205. The summed E-state index contributed by atoms with van der Waals surface area (Å²) in [5, 5.41) is 6.31. The SMILES string of the molecule is CC(C)COC(=O)c1ccc(Nc2ncnc(Nc3ccc4c(c3)OCO4)c2N)cc1. The van der Waals surface area contributed by atoms with Gasteiger partial charge >= 0.3 is 5.97 Å². The zero-order valence-corrected chi connectivity index (χ0v) is 17.2. The van der Waals surface area contributed by atoms with E-state index in [-0.39, 0.29) is 18.7 Å². The molecular formula is C22H23N5O4. The molecule has 4 N–H and O–H groups in total. The third-order valence-corrected chi connectivity index (χ3v) is 4.45. The summed E-state index contributed by atoms with van der Waals surface area (Å²) in [6.45, 7) is 4.57. The van der Waals surface area contributed by atoms with Crippen LogP contribution in [0, 0.1) is 5.92 Å². The molecule has 9 nitrogen and oxygen atoms in total. The fourth-order valence-electron chi connectivity index (χ4n) is 2.86. The number of ether oxygens (including phenoxy) is 3. The van der Waals surface area contributed by atoms with Gasteiger partial charge in [-0.3, -0.25) is 0 Å². The van der Waals surface area contributed by atoms with Crippen molar-refractivity contribution in [3.63, 3.8) is 0 Å². The van der Waals surface area contributed by atoms with Gasteiger partial charge in [-0.2, -0.15) is 0 Å². The third kappa shape index (κ3) is 4.77. The van der Waals surface area contributed by atoms with Crippen molar-refractivity contribution in [3.05, 3.63) is 54.4 Å². The molecule has 3 aromatic rings. The number of benzene rings is 2. The lowest BCUT2D eigenvalue weighted by Crippen LogP contribution is -2.10. The Bertz CT molecular complexity index is 1090. The fourth-order valence-corrected chi connectivity index (χ4v) is 2.86. The summed E-state index contributed by atoms with van der Waals surface area (Å²) in [7, 11) is 0. The van der Waals surface area contributed by atoms with Gasteiger partial charge in [-0.05, 0) is 42.3 Å². The monoisotopic (exact) mass is 421 g/mol. The van der Waals surface area contributed by atoms with Gasteiger partial charge in [0.2, 0.25) is 6.79 Å². The maximum Gasteiger partial charge on any atom is 0.338 e. The highest BCUT2D eigenvalue weighted by atomic mass is 16.7. The summed E-state index contributed by atoms with van der Waals surface area (Å²) in [6, 6.07) is 12.4. The Morgan fingerprint density at radius 1 is 1.03 bits per heavy atom. The minimum atomic E-state index is -0.350. The normalized spacial score (nSPS) is 12.0. The smallest absolute Gasteiger partial charge is 0.338 e. The lowest BCUT2D eigenvalue weighted by Gasteiger charge is -2.13. The van der Waals surface area contributed by atoms with Crippen LogP contribution >= 0.6 is 0 Å². The second-order valence-corrected chi connectivity index (χ2v) is 7.37. The molecule has 0 saturated heterocycles. The largest absolute Gasteiger partial charge is 0.462 e. The van der Waals surface area contributed by atoms with Gasteiger partial charge in [0.05, 0.1) is 12.2 Å². The van der Waals surface area contributed by atoms with Gasteiger partial charge in [0.25, 0.3) is 0 Å². The zero-order chi connectivity index (χ0) is 21.8. The van der Waals surface area contributed by atoms with Crippen molar-refractivity contribution in [1.82, 2.24) is 9.97 Å². The molecule has 0 saturated carbocycles. The van der Waals surface area contributed by atoms with E-state index in [4.69, 9.17) is 19.9 Å². The quantitative estimate of drug-likeness (QED) is 0.484. The number of hydrogen-bond acceptors (Lipinski definition) is 9. The lowest BCUT2D eigenvalue weighted by atomic mass is 10.2. The maximum atomic E-state index is 12.1. The second-order valence-electron chi connectivity index (χ2n) is 7.37. The number of nitrogens with one attached hydrogen (secondary N) is 2. The predicted octanol–water partition coefficient (Wildman–Crippen LogP) is 4.09. The zero-order valence-electron chi connectivity index (χ0n) is 17.2. The molecule has 9 heteroatoms. The van der Waals surface area contributed by atoms with Gasteiger partial charge in [-0.25, -0.2) is 14.8 Å².